The van der Waals surface area contributed by atoms with Crippen LogP contribution in [0, 0.1) is 0 Å². The summed E-state index contributed by atoms with van der Waals surface area (Å²) < 4.78 is 10.2. The number of rotatable bonds is 9. The van der Waals surface area contributed by atoms with E-state index in [2.05, 4.69) is 4.90 Å². The van der Waals surface area contributed by atoms with E-state index in [1.807, 2.05) is 12.1 Å². The number of nitrogens with zero attached hydrogens (tertiary/aromatic N) is 1. The number of halogens is 1. The highest BCUT2D eigenvalue weighted by Crippen LogP contribution is 2.25. The molecule has 0 atom stereocenters. The Labute approximate surface area is 119 Å². The van der Waals surface area contributed by atoms with E-state index in [9.17, 15) is 5.11 Å². The first kappa shape index (κ1) is 16.2. The predicted octanol–water partition coefficient (Wildman–Crippen LogP) is 2.32. The summed E-state index contributed by atoms with van der Waals surface area (Å²) in [5.41, 5.74) is 1.83. The topological polar surface area (TPSA) is 41.9 Å². The predicted molar refractivity (Wildman–Crippen MR) is 78.0 cm³/mol. The molecule has 0 aliphatic rings. The molecule has 108 valence electrons. The molecular weight excluding hydrogens is 266 g/mol. The van der Waals surface area contributed by atoms with Crippen molar-refractivity contribution in [1.82, 2.24) is 0 Å². The minimum absolute atomic E-state index is 0.000260. The molecule has 0 aliphatic carbocycles. The van der Waals surface area contributed by atoms with Gasteiger partial charge in [-0.1, -0.05) is 17.7 Å². The number of methoxy groups -OCH3 is 2. The molecule has 4 nitrogen and oxygen atoms in total. The molecule has 1 aromatic carbocycles. The van der Waals surface area contributed by atoms with E-state index in [1.54, 1.807) is 20.3 Å². The van der Waals surface area contributed by atoms with Crippen LogP contribution < -0.4 is 4.90 Å². The van der Waals surface area contributed by atoms with Crippen molar-refractivity contribution in [1.29, 1.82) is 0 Å². The summed E-state index contributed by atoms with van der Waals surface area (Å²) in [5, 5.41) is 10.1. The summed E-state index contributed by atoms with van der Waals surface area (Å²) in [4.78, 5) is 2.17. The summed E-state index contributed by atoms with van der Waals surface area (Å²) in [6.45, 7) is 2.93. The minimum atomic E-state index is 0.000260. The lowest BCUT2D eigenvalue weighted by atomic mass is 10.1. The Morgan fingerprint density at radius 1 is 1.16 bits per heavy atom. The van der Waals surface area contributed by atoms with Crippen LogP contribution in [-0.2, 0) is 16.1 Å². The molecule has 1 aromatic rings. The number of aliphatic hydroxyl groups is 1. The molecule has 0 radical (unpaired) electrons. The van der Waals surface area contributed by atoms with Gasteiger partial charge in [-0.2, -0.15) is 0 Å². The number of hydrogen-bond acceptors (Lipinski definition) is 4. The van der Waals surface area contributed by atoms with Crippen LogP contribution in [-0.4, -0.2) is 45.6 Å². The molecule has 5 heteroatoms. The zero-order valence-corrected chi connectivity index (χ0v) is 12.3. The third kappa shape index (κ3) is 5.37. The van der Waals surface area contributed by atoms with E-state index in [0.717, 1.165) is 30.8 Å². The lowest BCUT2D eigenvalue weighted by Gasteiger charge is -2.26. The molecule has 1 rings (SSSR count). The maximum absolute atomic E-state index is 9.43. The summed E-state index contributed by atoms with van der Waals surface area (Å²) in [5.74, 6) is 0. The van der Waals surface area contributed by atoms with Crippen molar-refractivity contribution < 1.29 is 14.6 Å². The van der Waals surface area contributed by atoms with E-state index < -0.39 is 0 Å². The van der Waals surface area contributed by atoms with Crippen molar-refractivity contribution in [3.05, 3.63) is 28.8 Å². The molecule has 0 saturated heterocycles. The van der Waals surface area contributed by atoms with Gasteiger partial charge in [0.15, 0.2) is 0 Å². The second kappa shape index (κ2) is 9.15. The van der Waals surface area contributed by atoms with Gasteiger partial charge in [0.2, 0.25) is 0 Å². The van der Waals surface area contributed by atoms with Gasteiger partial charge in [0.25, 0.3) is 0 Å². The standard InChI is InChI=1S/C14H22ClNO3/c1-18-8-3-6-16(7-9-19-2)14-10-13(15)5-4-12(14)11-17/h4-5,10,17H,3,6-9,11H2,1-2H3. The fraction of sp³-hybridized carbons (Fsp3) is 0.571. The Morgan fingerprint density at radius 3 is 2.53 bits per heavy atom. The zero-order chi connectivity index (χ0) is 14.1. The Hall–Kier alpha value is -0.810. The van der Waals surface area contributed by atoms with Gasteiger partial charge < -0.3 is 19.5 Å². The molecule has 0 unspecified atom stereocenters. The van der Waals surface area contributed by atoms with Crippen LogP contribution in [0.1, 0.15) is 12.0 Å². The molecule has 0 spiro atoms. The number of anilines is 1. The van der Waals surface area contributed by atoms with Gasteiger partial charge in [-0.25, -0.2) is 0 Å². The van der Waals surface area contributed by atoms with Crippen molar-refractivity contribution in [2.45, 2.75) is 13.0 Å². The zero-order valence-electron chi connectivity index (χ0n) is 11.6. The summed E-state index contributed by atoms with van der Waals surface area (Å²) in [6.07, 6.45) is 0.914. The molecule has 19 heavy (non-hydrogen) atoms. The Kier molecular flexibility index (Phi) is 7.82. The van der Waals surface area contributed by atoms with Gasteiger partial charge >= 0.3 is 0 Å². The lowest BCUT2D eigenvalue weighted by molar-refractivity contribution is 0.191. The number of ether oxygens (including phenoxy) is 2. The minimum Gasteiger partial charge on any atom is -0.392 e. The second-order valence-electron chi connectivity index (χ2n) is 4.26. The normalized spacial score (nSPS) is 10.7. The van der Waals surface area contributed by atoms with Crippen LogP contribution in [0.4, 0.5) is 5.69 Å². The SMILES string of the molecule is COCCCN(CCOC)c1cc(Cl)ccc1CO. The van der Waals surface area contributed by atoms with E-state index in [4.69, 9.17) is 21.1 Å². The fourth-order valence-electron chi connectivity index (χ4n) is 1.92. The largest absolute Gasteiger partial charge is 0.392 e. The van der Waals surface area contributed by atoms with E-state index in [0.29, 0.717) is 18.2 Å². The number of hydrogen-bond donors (Lipinski definition) is 1. The molecular formula is C14H22ClNO3. The Morgan fingerprint density at radius 2 is 1.89 bits per heavy atom. The van der Waals surface area contributed by atoms with Crippen molar-refractivity contribution in [3.8, 4) is 0 Å². The maximum Gasteiger partial charge on any atom is 0.0702 e. The molecule has 0 fully saturated rings. The smallest absolute Gasteiger partial charge is 0.0702 e. The van der Waals surface area contributed by atoms with Crippen LogP contribution in [0.2, 0.25) is 5.02 Å². The monoisotopic (exact) mass is 287 g/mol. The molecule has 0 aliphatic heterocycles. The van der Waals surface area contributed by atoms with Crippen LogP contribution in [0.15, 0.2) is 18.2 Å². The average molecular weight is 288 g/mol. The van der Waals surface area contributed by atoms with E-state index in [-0.39, 0.29) is 6.61 Å². The van der Waals surface area contributed by atoms with E-state index in [1.165, 1.54) is 0 Å². The summed E-state index contributed by atoms with van der Waals surface area (Å²) in [7, 11) is 3.37. The van der Waals surface area contributed by atoms with E-state index >= 15 is 0 Å². The van der Waals surface area contributed by atoms with Crippen LogP contribution in [0.25, 0.3) is 0 Å². The molecule has 0 aromatic heterocycles. The average Bonchev–Trinajstić information content (AvgIpc) is 2.42. The molecule has 0 amide bonds. The van der Waals surface area contributed by atoms with Gasteiger partial charge in [-0.3, -0.25) is 0 Å². The first-order valence-electron chi connectivity index (χ1n) is 6.35. The first-order chi connectivity index (χ1) is 9.22. The van der Waals surface area contributed by atoms with Gasteiger partial charge in [-0.05, 0) is 18.6 Å². The highest BCUT2D eigenvalue weighted by atomic mass is 35.5. The summed E-state index contributed by atoms with van der Waals surface area (Å²) in [6, 6.07) is 5.53. The lowest BCUT2D eigenvalue weighted by Crippen LogP contribution is -2.30. The first-order valence-corrected chi connectivity index (χ1v) is 6.72. The Bertz CT molecular complexity index is 374. The number of aliphatic hydroxyl groups excluding tert-OH is 1. The van der Waals surface area contributed by atoms with Gasteiger partial charge in [0, 0.05) is 50.2 Å². The molecule has 0 saturated carbocycles. The molecule has 1 N–H and O–H groups in total. The van der Waals surface area contributed by atoms with Crippen LogP contribution in [0.5, 0.6) is 0 Å². The summed E-state index contributed by atoms with van der Waals surface area (Å²) >= 11 is 6.05. The van der Waals surface area contributed by atoms with Crippen molar-refractivity contribution in [3.63, 3.8) is 0 Å². The highest BCUT2D eigenvalue weighted by molar-refractivity contribution is 6.30. The van der Waals surface area contributed by atoms with Gasteiger partial charge in [0.1, 0.15) is 0 Å². The maximum atomic E-state index is 9.43. The van der Waals surface area contributed by atoms with Crippen molar-refractivity contribution >= 4 is 17.3 Å². The van der Waals surface area contributed by atoms with Gasteiger partial charge in [0.05, 0.1) is 13.2 Å². The quantitative estimate of drug-likeness (QED) is 0.708. The molecule has 0 bridgehead atoms. The Balaban J connectivity index is 2.84. The second-order valence-corrected chi connectivity index (χ2v) is 4.69. The number of benzene rings is 1. The third-order valence-corrected chi connectivity index (χ3v) is 3.14. The van der Waals surface area contributed by atoms with Crippen LogP contribution in [0.3, 0.4) is 0 Å². The van der Waals surface area contributed by atoms with Crippen molar-refractivity contribution in [2.75, 3.05) is 45.4 Å². The van der Waals surface area contributed by atoms with Gasteiger partial charge in [-0.15, -0.1) is 0 Å². The van der Waals surface area contributed by atoms with Crippen LogP contribution >= 0.6 is 11.6 Å². The highest BCUT2D eigenvalue weighted by Gasteiger charge is 2.11. The fourth-order valence-corrected chi connectivity index (χ4v) is 2.09. The van der Waals surface area contributed by atoms with Crippen molar-refractivity contribution in [2.24, 2.45) is 0 Å². The molecule has 0 heterocycles. The third-order valence-electron chi connectivity index (χ3n) is 2.90.